The fourth-order valence-corrected chi connectivity index (χ4v) is 2.37. The Morgan fingerprint density at radius 2 is 1.69 bits per heavy atom. The minimum atomic E-state index is 0.254. The Kier molecular flexibility index (Phi) is 5.04. The number of hydrogen-bond acceptors (Lipinski definition) is 0. The highest BCUT2D eigenvalue weighted by Crippen LogP contribution is 2.30. The van der Waals surface area contributed by atoms with Gasteiger partial charge in [-0.3, -0.25) is 0 Å². The van der Waals surface area contributed by atoms with Gasteiger partial charge < -0.3 is 0 Å². The van der Waals surface area contributed by atoms with E-state index in [1.165, 1.54) is 30.4 Å². The fraction of sp³-hybridized carbons (Fsp3) is 0.600. The van der Waals surface area contributed by atoms with Crippen LogP contribution >= 0.6 is 15.9 Å². The zero-order valence-electron chi connectivity index (χ0n) is 10.9. The predicted octanol–water partition coefficient (Wildman–Crippen LogP) is 5.61. The van der Waals surface area contributed by atoms with Crippen LogP contribution in [0, 0.1) is 0 Å². The lowest BCUT2D eigenvalue weighted by Crippen LogP contribution is -2.10. The summed E-state index contributed by atoms with van der Waals surface area (Å²) < 4.78 is 0. The summed E-state index contributed by atoms with van der Waals surface area (Å²) in [6, 6.07) is 9.04. The third-order valence-corrected chi connectivity index (χ3v) is 3.94. The Hall–Kier alpha value is -0.300. The number of rotatable bonds is 4. The van der Waals surface area contributed by atoms with Crippen LogP contribution in [-0.4, -0.2) is 0 Å². The molecular formula is C15H23Br. The molecule has 0 aromatic heterocycles. The molecular weight excluding hydrogens is 260 g/mol. The van der Waals surface area contributed by atoms with Gasteiger partial charge in [-0.15, -0.1) is 0 Å². The van der Waals surface area contributed by atoms with Crippen LogP contribution in [0.2, 0.25) is 0 Å². The van der Waals surface area contributed by atoms with E-state index in [4.69, 9.17) is 0 Å². The monoisotopic (exact) mass is 282 g/mol. The van der Waals surface area contributed by atoms with Crippen LogP contribution < -0.4 is 0 Å². The quantitative estimate of drug-likeness (QED) is 0.630. The summed E-state index contributed by atoms with van der Waals surface area (Å²) in [7, 11) is 0. The molecule has 0 saturated heterocycles. The minimum Gasteiger partial charge on any atom is -0.0839 e. The molecule has 0 spiro atoms. The van der Waals surface area contributed by atoms with E-state index in [0.29, 0.717) is 4.83 Å². The van der Waals surface area contributed by atoms with Crippen molar-refractivity contribution in [2.75, 3.05) is 0 Å². The summed E-state index contributed by atoms with van der Waals surface area (Å²) in [4.78, 5) is 0.515. The van der Waals surface area contributed by atoms with Crippen molar-refractivity contribution in [3.8, 4) is 0 Å². The smallest absolute Gasteiger partial charge is 0.0395 e. The van der Waals surface area contributed by atoms with E-state index in [0.717, 1.165) is 0 Å². The van der Waals surface area contributed by atoms with E-state index < -0.39 is 0 Å². The van der Waals surface area contributed by atoms with E-state index in [-0.39, 0.29) is 5.41 Å². The third kappa shape index (κ3) is 3.93. The second kappa shape index (κ2) is 5.86. The molecule has 1 unspecified atom stereocenters. The van der Waals surface area contributed by atoms with Gasteiger partial charge in [0, 0.05) is 4.83 Å². The van der Waals surface area contributed by atoms with E-state index in [9.17, 15) is 0 Å². The zero-order chi connectivity index (χ0) is 12.2. The lowest BCUT2D eigenvalue weighted by molar-refractivity contribution is 0.589. The van der Waals surface area contributed by atoms with Gasteiger partial charge in [0.1, 0.15) is 0 Å². The molecule has 0 aliphatic heterocycles. The molecule has 0 amide bonds. The van der Waals surface area contributed by atoms with Gasteiger partial charge in [0.2, 0.25) is 0 Å². The van der Waals surface area contributed by atoms with Crippen LogP contribution in [0.1, 0.15) is 62.9 Å². The Morgan fingerprint density at radius 3 is 2.12 bits per heavy atom. The molecule has 90 valence electrons. The van der Waals surface area contributed by atoms with Gasteiger partial charge in [0.25, 0.3) is 0 Å². The Balaban J connectivity index is 2.71. The summed E-state index contributed by atoms with van der Waals surface area (Å²) in [5.41, 5.74) is 3.07. The average Bonchev–Trinajstić information content (AvgIpc) is 2.25. The molecule has 0 nitrogen and oxygen atoms in total. The SMILES string of the molecule is CCCCC(Br)c1ccc(C(C)(C)C)cc1. The largest absolute Gasteiger partial charge is 0.0839 e. The standard InChI is InChI=1S/C15H23Br/c1-5-6-7-14(16)12-8-10-13(11-9-12)15(2,3)4/h8-11,14H,5-7H2,1-4H3. The van der Waals surface area contributed by atoms with Gasteiger partial charge in [0.05, 0.1) is 0 Å². The molecule has 1 rings (SSSR count). The topological polar surface area (TPSA) is 0 Å². The van der Waals surface area contributed by atoms with Crippen molar-refractivity contribution in [2.24, 2.45) is 0 Å². The molecule has 0 aliphatic carbocycles. The summed E-state index contributed by atoms with van der Waals surface area (Å²) >= 11 is 3.76. The molecule has 1 aromatic carbocycles. The fourth-order valence-electron chi connectivity index (χ4n) is 1.74. The van der Waals surface area contributed by atoms with Crippen molar-refractivity contribution < 1.29 is 0 Å². The van der Waals surface area contributed by atoms with E-state index in [1.807, 2.05) is 0 Å². The molecule has 0 fully saturated rings. The maximum atomic E-state index is 3.76. The lowest BCUT2D eigenvalue weighted by Gasteiger charge is -2.20. The lowest BCUT2D eigenvalue weighted by atomic mass is 9.86. The maximum absolute atomic E-state index is 3.76. The van der Waals surface area contributed by atoms with Gasteiger partial charge in [0.15, 0.2) is 0 Å². The third-order valence-electron chi connectivity index (χ3n) is 2.95. The van der Waals surface area contributed by atoms with Crippen LogP contribution in [0.25, 0.3) is 0 Å². The van der Waals surface area contributed by atoms with Gasteiger partial charge in [-0.25, -0.2) is 0 Å². The van der Waals surface area contributed by atoms with Gasteiger partial charge in [-0.1, -0.05) is 80.7 Å². The van der Waals surface area contributed by atoms with Crippen LogP contribution in [0.15, 0.2) is 24.3 Å². The van der Waals surface area contributed by atoms with Crippen molar-refractivity contribution in [2.45, 2.75) is 57.2 Å². The Labute approximate surface area is 109 Å². The molecule has 0 heterocycles. The van der Waals surface area contributed by atoms with Gasteiger partial charge in [-0.05, 0) is 23.0 Å². The van der Waals surface area contributed by atoms with Crippen molar-refractivity contribution in [3.05, 3.63) is 35.4 Å². The van der Waals surface area contributed by atoms with Crippen molar-refractivity contribution in [1.29, 1.82) is 0 Å². The second-order valence-corrected chi connectivity index (χ2v) is 6.59. The molecule has 0 N–H and O–H groups in total. The molecule has 1 atom stereocenters. The van der Waals surface area contributed by atoms with Crippen LogP contribution in [-0.2, 0) is 5.41 Å². The normalized spacial score (nSPS) is 13.8. The number of benzene rings is 1. The summed E-state index contributed by atoms with van der Waals surface area (Å²) in [5.74, 6) is 0. The first-order chi connectivity index (χ1) is 7.45. The highest BCUT2D eigenvalue weighted by molar-refractivity contribution is 9.09. The van der Waals surface area contributed by atoms with Crippen molar-refractivity contribution >= 4 is 15.9 Å². The Morgan fingerprint density at radius 1 is 1.12 bits per heavy atom. The van der Waals surface area contributed by atoms with E-state index in [2.05, 4.69) is 67.9 Å². The van der Waals surface area contributed by atoms with E-state index >= 15 is 0 Å². The van der Waals surface area contributed by atoms with Crippen LogP contribution in [0.3, 0.4) is 0 Å². The molecule has 0 bridgehead atoms. The number of hydrogen-bond donors (Lipinski definition) is 0. The van der Waals surface area contributed by atoms with E-state index in [1.54, 1.807) is 0 Å². The first-order valence-electron chi connectivity index (χ1n) is 6.19. The van der Waals surface area contributed by atoms with Crippen LogP contribution in [0.5, 0.6) is 0 Å². The van der Waals surface area contributed by atoms with Crippen LogP contribution in [0.4, 0.5) is 0 Å². The van der Waals surface area contributed by atoms with Crippen molar-refractivity contribution in [3.63, 3.8) is 0 Å². The maximum Gasteiger partial charge on any atom is 0.0395 e. The minimum absolute atomic E-state index is 0.254. The molecule has 1 aromatic rings. The highest BCUT2D eigenvalue weighted by atomic mass is 79.9. The summed E-state index contributed by atoms with van der Waals surface area (Å²) in [6.45, 7) is 9.00. The predicted molar refractivity (Wildman–Crippen MR) is 76.3 cm³/mol. The molecule has 0 saturated carbocycles. The molecule has 0 aliphatic rings. The first-order valence-corrected chi connectivity index (χ1v) is 7.11. The Bertz CT molecular complexity index is 305. The highest BCUT2D eigenvalue weighted by Gasteiger charge is 2.14. The number of alkyl halides is 1. The van der Waals surface area contributed by atoms with Gasteiger partial charge in [-0.2, -0.15) is 0 Å². The van der Waals surface area contributed by atoms with Crippen molar-refractivity contribution in [1.82, 2.24) is 0 Å². The zero-order valence-corrected chi connectivity index (χ0v) is 12.5. The molecule has 16 heavy (non-hydrogen) atoms. The summed E-state index contributed by atoms with van der Waals surface area (Å²) in [5, 5.41) is 0. The number of unbranched alkanes of at least 4 members (excludes halogenated alkanes) is 1. The number of halogens is 1. The average molecular weight is 283 g/mol. The second-order valence-electron chi connectivity index (χ2n) is 5.48. The first kappa shape index (κ1) is 13.8. The molecule has 0 radical (unpaired) electrons. The van der Waals surface area contributed by atoms with Gasteiger partial charge >= 0.3 is 0 Å². The molecule has 1 heteroatoms. The summed E-state index contributed by atoms with van der Waals surface area (Å²) in [6.07, 6.45) is 3.78.